The maximum absolute atomic E-state index is 13.6. The molecule has 0 aliphatic carbocycles. The lowest BCUT2D eigenvalue weighted by Crippen LogP contribution is -2.20. The lowest BCUT2D eigenvalue weighted by atomic mass is 9.94. The Bertz CT molecular complexity index is 1840. The van der Waals surface area contributed by atoms with Gasteiger partial charge in [-0.15, -0.1) is 11.8 Å². The van der Waals surface area contributed by atoms with Crippen molar-refractivity contribution in [2.24, 2.45) is 0 Å². The third kappa shape index (κ3) is 8.16. The van der Waals surface area contributed by atoms with Gasteiger partial charge in [0.05, 0.1) is 23.6 Å². The number of ether oxygens (including phenoxy) is 2. The number of hydrogen-bond donors (Lipinski definition) is 1. The van der Waals surface area contributed by atoms with Crippen LogP contribution in [0.25, 0.3) is 22.2 Å². The molecule has 0 saturated carbocycles. The first kappa shape index (κ1) is 34.0. The van der Waals surface area contributed by atoms with Crippen LogP contribution in [0, 0.1) is 13.8 Å². The molecule has 0 aliphatic rings. The van der Waals surface area contributed by atoms with Gasteiger partial charge in [0.15, 0.2) is 0 Å². The Labute approximate surface area is 277 Å². The topological polar surface area (TPSA) is 77.1 Å². The average Bonchev–Trinajstić information content (AvgIpc) is 3.37. The number of esters is 1. The Hall–Kier alpha value is -4.31. The zero-order valence-corrected chi connectivity index (χ0v) is 28.1. The Morgan fingerprint density at radius 3 is 2.28 bits per heavy atom. The number of fused-ring (bicyclic) bond motifs is 1. The largest absolute Gasteiger partial charge is 0.487 e. The highest BCUT2D eigenvalue weighted by atomic mass is 32.2. The van der Waals surface area contributed by atoms with Crippen LogP contribution in [0.2, 0.25) is 0 Å². The first-order valence-electron chi connectivity index (χ1n) is 15.4. The minimum Gasteiger partial charge on any atom is -0.487 e. The van der Waals surface area contributed by atoms with E-state index < -0.39 is 17.7 Å². The molecular weight excluding hydrogens is 623 g/mol. The Kier molecular flexibility index (Phi) is 10.0. The molecule has 1 N–H and O–H groups in total. The van der Waals surface area contributed by atoms with E-state index in [1.165, 1.54) is 6.07 Å². The molecule has 0 radical (unpaired) electrons. The monoisotopic (exact) mass is 661 g/mol. The van der Waals surface area contributed by atoms with E-state index in [-0.39, 0.29) is 17.3 Å². The molecule has 0 fully saturated rings. The molecule has 3 heterocycles. The molecule has 1 unspecified atom stereocenters. The third-order valence-electron chi connectivity index (χ3n) is 7.61. The molecule has 0 aliphatic heterocycles. The number of benzene rings is 2. The SMILES string of the molecule is CCOC(=O)C(Cc1ccc(-c2ccc(C(F)(F)F)cn2)cc1)c1[nH]c2ccc(OCc3ccc(C)cn3)c(C)c2c1SC(C)(C)C. The van der Waals surface area contributed by atoms with Crippen molar-refractivity contribution in [3.05, 3.63) is 107 Å². The number of carbonyl (C=O) groups is 1. The summed E-state index contributed by atoms with van der Waals surface area (Å²) in [5.74, 6) is -0.244. The van der Waals surface area contributed by atoms with E-state index in [9.17, 15) is 18.0 Å². The number of aromatic amines is 1. The molecule has 10 heteroatoms. The van der Waals surface area contributed by atoms with Crippen LogP contribution in [0.15, 0.2) is 78.0 Å². The van der Waals surface area contributed by atoms with E-state index in [1.54, 1.807) is 30.8 Å². The summed E-state index contributed by atoms with van der Waals surface area (Å²) in [5.41, 5.74) is 5.71. The summed E-state index contributed by atoms with van der Waals surface area (Å²) >= 11 is 1.68. The zero-order chi connectivity index (χ0) is 33.9. The number of aromatic nitrogens is 3. The number of hydrogen-bond acceptors (Lipinski definition) is 6. The summed E-state index contributed by atoms with van der Waals surface area (Å²) in [6.45, 7) is 12.8. The molecule has 0 bridgehead atoms. The lowest BCUT2D eigenvalue weighted by Gasteiger charge is -2.22. The van der Waals surface area contributed by atoms with Crippen LogP contribution in [0.1, 0.15) is 67.3 Å². The molecule has 0 amide bonds. The standard InChI is InChI=1S/C37H38F3N3O3S/c1-7-45-35(44)28(18-24-9-11-25(12-10-24)29-15-13-26(20-42-29)37(38,39)40)33-34(47-36(4,5)6)32-23(3)31(17-16-30(32)43-33)46-21-27-14-8-22(2)19-41-27/h8-17,19-20,28,43H,7,18,21H2,1-6H3. The van der Waals surface area contributed by atoms with Gasteiger partial charge in [0.2, 0.25) is 0 Å². The summed E-state index contributed by atoms with van der Waals surface area (Å²) in [6.07, 6.45) is -1.44. The molecule has 3 aromatic heterocycles. The van der Waals surface area contributed by atoms with Gasteiger partial charge in [-0.25, -0.2) is 0 Å². The minimum atomic E-state index is -4.45. The molecule has 0 spiro atoms. The van der Waals surface area contributed by atoms with Crippen LogP contribution in [0.3, 0.4) is 0 Å². The second-order valence-corrected chi connectivity index (χ2v) is 14.3. The first-order chi connectivity index (χ1) is 22.2. The van der Waals surface area contributed by atoms with Crippen LogP contribution < -0.4 is 4.74 Å². The summed E-state index contributed by atoms with van der Waals surface area (Å²) in [7, 11) is 0. The molecule has 2 aromatic carbocycles. The van der Waals surface area contributed by atoms with Gasteiger partial charge in [-0.2, -0.15) is 13.2 Å². The number of thioether (sulfide) groups is 1. The van der Waals surface area contributed by atoms with Gasteiger partial charge in [0.25, 0.3) is 0 Å². The molecule has 6 nitrogen and oxygen atoms in total. The van der Waals surface area contributed by atoms with Crippen LogP contribution >= 0.6 is 11.8 Å². The Morgan fingerprint density at radius 1 is 0.936 bits per heavy atom. The number of H-pyrrole nitrogens is 1. The van der Waals surface area contributed by atoms with Crippen molar-refractivity contribution in [2.75, 3.05) is 6.61 Å². The van der Waals surface area contributed by atoms with E-state index in [2.05, 4.69) is 35.7 Å². The van der Waals surface area contributed by atoms with Crippen LogP contribution in [0.5, 0.6) is 5.75 Å². The summed E-state index contributed by atoms with van der Waals surface area (Å²) < 4.78 is 50.7. The maximum Gasteiger partial charge on any atom is 0.417 e. The second-order valence-electron chi connectivity index (χ2n) is 12.4. The summed E-state index contributed by atoms with van der Waals surface area (Å²) in [5, 5.41) is 0.993. The number of carbonyl (C=O) groups excluding carboxylic acids is 1. The number of halogens is 3. The summed E-state index contributed by atoms with van der Waals surface area (Å²) in [6, 6.07) is 17.6. The van der Waals surface area contributed by atoms with Crippen molar-refractivity contribution in [3.63, 3.8) is 0 Å². The predicted octanol–water partition coefficient (Wildman–Crippen LogP) is 9.62. The zero-order valence-electron chi connectivity index (χ0n) is 27.3. The quantitative estimate of drug-likeness (QED) is 0.119. The fourth-order valence-corrected chi connectivity index (χ4v) is 6.58. The first-order valence-corrected chi connectivity index (χ1v) is 16.2. The molecule has 246 valence electrons. The minimum absolute atomic E-state index is 0.172. The molecule has 5 aromatic rings. The van der Waals surface area contributed by atoms with E-state index in [4.69, 9.17) is 9.47 Å². The fraction of sp³-hybridized carbons (Fsp3) is 0.324. The van der Waals surface area contributed by atoms with Crippen molar-refractivity contribution in [1.82, 2.24) is 15.0 Å². The van der Waals surface area contributed by atoms with Crippen LogP contribution in [0.4, 0.5) is 13.2 Å². The molecule has 0 saturated heterocycles. The van der Waals surface area contributed by atoms with Gasteiger partial charge >= 0.3 is 12.1 Å². The maximum atomic E-state index is 13.6. The van der Waals surface area contributed by atoms with Gasteiger partial charge in [0.1, 0.15) is 18.3 Å². The highest BCUT2D eigenvalue weighted by molar-refractivity contribution is 8.00. The van der Waals surface area contributed by atoms with E-state index in [0.29, 0.717) is 24.3 Å². The van der Waals surface area contributed by atoms with E-state index in [0.717, 1.165) is 61.9 Å². The van der Waals surface area contributed by atoms with Crippen molar-refractivity contribution >= 4 is 28.6 Å². The number of nitrogens with zero attached hydrogens (tertiary/aromatic N) is 2. The lowest BCUT2D eigenvalue weighted by molar-refractivity contribution is -0.145. The summed E-state index contributed by atoms with van der Waals surface area (Å²) in [4.78, 5) is 26.6. The molecule has 47 heavy (non-hydrogen) atoms. The second kappa shape index (κ2) is 13.8. The van der Waals surface area contributed by atoms with Gasteiger partial charge in [-0.1, -0.05) is 51.1 Å². The van der Waals surface area contributed by atoms with Crippen LogP contribution in [-0.4, -0.2) is 32.3 Å². The highest BCUT2D eigenvalue weighted by Crippen LogP contribution is 2.45. The number of pyridine rings is 2. The third-order valence-corrected chi connectivity index (χ3v) is 8.85. The Morgan fingerprint density at radius 2 is 1.68 bits per heavy atom. The van der Waals surface area contributed by atoms with E-state index >= 15 is 0 Å². The number of nitrogens with one attached hydrogen (secondary N) is 1. The molecule has 1 atom stereocenters. The Balaban J connectivity index is 1.49. The smallest absolute Gasteiger partial charge is 0.417 e. The van der Waals surface area contributed by atoms with Gasteiger partial charge in [-0.3, -0.25) is 14.8 Å². The number of alkyl halides is 3. The highest BCUT2D eigenvalue weighted by Gasteiger charge is 2.32. The normalized spacial score (nSPS) is 12.7. The number of aryl methyl sites for hydroxylation is 2. The van der Waals surface area contributed by atoms with Gasteiger partial charge in [-0.05, 0) is 68.7 Å². The van der Waals surface area contributed by atoms with Crippen molar-refractivity contribution < 1.29 is 27.4 Å². The van der Waals surface area contributed by atoms with Gasteiger partial charge < -0.3 is 14.5 Å². The fourth-order valence-electron chi connectivity index (χ4n) is 5.30. The van der Waals surface area contributed by atoms with Crippen molar-refractivity contribution in [1.29, 1.82) is 0 Å². The number of rotatable bonds is 10. The molecule has 5 rings (SSSR count). The predicted molar refractivity (Wildman–Crippen MR) is 180 cm³/mol. The van der Waals surface area contributed by atoms with Crippen molar-refractivity contribution in [3.8, 4) is 17.0 Å². The average molecular weight is 662 g/mol. The molecular formula is C37H38F3N3O3S. The van der Waals surface area contributed by atoms with Crippen molar-refractivity contribution in [2.45, 2.75) is 76.3 Å². The van der Waals surface area contributed by atoms with E-state index in [1.807, 2.05) is 56.4 Å². The van der Waals surface area contributed by atoms with Crippen LogP contribution in [-0.2, 0) is 28.7 Å². The van der Waals surface area contributed by atoms with Gasteiger partial charge in [0, 0.05) is 49.8 Å².